The van der Waals surface area contributed by atoms with Crippen LogP contribution in [0.4, 0.5) is 0 Å². The largest absolute Gasteiger partial charge is 0.496 e. The number of hydrogen-bond donors (Lipinski definition) is 0. The number of ketones is 1. The first kappa shape index (κ1) is 15.7. The van der Waals surface area contributed by atoms with E-state index >= 15 is 0 Å². The van der Waals surface area contributed by atoms with Crippen LogP contribution in [-0.2, 0) is 11.3 Å². The number of rotatable bonds is 5. The molecule has 0 saturated heterocycles. The number of esters is 1. The monoisotopic (exact) mass is 299 g/mol. The molecular weight excluding hydrogens is 282 g/mol. The Morgan fingerprint density at radius 3 is 2.45 bits per heavy atom. The molecule has 5 nitrogen and oxygen atoms in total. The Bertz CT molecular complexity index is 692. The minimum Gasteiger partial charge on any atom is -0.496 e. The highest BCUT2D eigenvalue weighted by atomic mass is 16.5. The zero-order valence-electron chi connectivity index (χ0n) is 12.8. The summed E-state index contributed by atoms with van der Waals surface area (Å²) in [5.74, 6) is 0.0422. The average molecular weight is 299 g/mol. The quantitative estimate of drug-likeness (QED) is 0.627. The van der Waals surface area contributed by atoms with E-state index < -0.39 is 5.97 Å². The smallest absolute Gasteiger partial charge is 0.340 e. The molecule has 0 N–H and O–H groups in total. The maximum absolute atomic E-state index is 12.0. The molecule has 0 atom stereocenters. The predicted octanol–water partition coefficient (Wildman–Crippen LogP) is 2.96. The van der Waals surface area contributed by atoms with Crippen LogP contribution in [0.2, 0.25) is 0 Å². The van der Waals surface area contributed by atoms with Crippen molar-refractivity contribution in [3.05, 3.63) is 58.9 Å². The molecular formula is C17H17NO4. The number of ether oxygens (including phenoxy) is 2. The molecule has 1 heterocycles. The minimum absolute atomic E-state index is 0.0248. The number of hydrogen-bond acceptors (Lipinski definition) is 5. The van der Waals surface area contributed by atoms with Gasteiger partial charge in [0.25, 0.3) is 0 Å². The molecule has 0 bridgehead atoms. The second-order valence-electron chi connectivity index (χ2n) is 4.85. The third-order valence-electron chi connectivity index (χ3n) is 3.19. The number of aryl methyl sites for hydroxylation is 1. The van der Waals surface area contributed by atoms with Gasteiger partial charge in [-0.3, -0.25) is 9.78 Å². The van der Waals surface area contributed by atoms with Gasteiger partial charge in [-0.15, -0.1) is 0 Å². The number of Topliss-reactive ketones (excluding diaryl/α,β-unsaturated/α-hetero) is 1. The molecule has 1 aromatic carbocycles. The van der Waals surface area contributed by atoms with Crippen LogP contribution < -0.4 is 4.74 Å². The first-order chi connectivity index (χ1) is 10.5. The topological polar surface area (TPSA) is 65.5 Å². The molecule has 0 amide bonds. The van der Waals surface area contributed by atoms with Gasteiger partial charge in [0.15, 0.2) is 5.78 Å². The van der Waals surface area contributed by atoms with Gasteiger partial charge in [0, 0.05) is 23.0 Å². The van der Waals surface area contributed by atoms with E-state index in [1.165, 1.54) is 20.2 Å². The van der Waals surface area contributed by atoms with Crippen molar-refractivity contribution in [2.24, 2.45) is 0 Å². The van der Waals surface area contributed by atoms with E-state index in [0.29, 0.717) is 22.4 Å². The molecule has 0 aliphatic carbocycles. The number of aromatic nitrogens is 1. The van der Waals surface area contributed by atoms with Crippen LogP contribution >= 0.6 is 0 Å². The van der Waals surface area contributed by atoms with Crippen LogP contribution in [0, 0.1) is 6.92 Å². The van der Waals surface area contributed by atoms with Crippen molar-refractivity contribution in [2.45, 2.75) is 20.5 Å². The molecule has 0 fully saturated rings. The average Bonchev–Trinajstić information content (AvgIpc) is 2.52. The van der Waals surface area contributed by atoms with Crippen LogP contribution in [0.3, 0.4) is 0 Å². The summed E-state index contributed by atoms with van der Waals surface area (Å²) in [4.78, 5) is 27.5. The van der Waals surface area contributed by atoms with Crippen LogP contribution in [0.15, 0.2) is 36.5 Å². The Kier molecular flexibility index (Phi) is 4.88. The molecule has 0 spiro atoms. The lowest BCUT2D eigenvalue weighted by molar-refractivity contribution is 0.0469. The summed E-state index contributed by atoms with van der Waals surface area (Å²) < 4.78 is 10.5. The van der Waals surface area contributed by atoms with E-state index in [-0.39, 0.29) is 12.4 Å². The second kappa shape index (κ2) is 6.85. The Balaban J connectivity index is 2.13. The van der Waals surface area contributed by atoms with Crippen LogP contribution in [-0.4, -0.2) is 23.8 Å². The van der Waals surface area contributed by atoms with Crippen LogP contribution in [0.25, 0.3) is 0 Å². The maximum atomic E-state index is 12.0. The van der Waals surface area contributed by atoms with Gasteiger partial charge in [-0.25, -0.2) is 4.79 Å². The summed E-state index contributed by atoms with van der Waals surface area (Å²) in [6, 6.07) is 8.44. The number of benzene rings is 1. The number of pyridine rings is 1. The summed E-state index contributed by atoms with van der Waals surface area (Å²) in [7, 11) is 1.53. The van der Waals surface area contributed by atoms with E-state index in [0.717, 1.165) is 5.69 Å². The number of nitrogens with zero attached hydrogens (tertiary/aromatic N) is 1. The van der Waals surface area contributed by atoms with Crippen molar-refractivity contribution in [3.8, 4) is 5.75 Å². The first-order valence-corrected chi connectivity index (χ1v) is 6.79. The Hall–Kier alpha value is -2.69. The molecule has 22 heavy (non-hydrogen) atoms. The number of methoxy groups -OCH3 is 1. The van der Waals surface area contributed by atoms with Gasteiger partial charge in [0.1, 0.15) is 12.4 Å². The predicted molar refractivity (Wildman–Crippen MR) is 81.1 cm³/mol. The van der Waals surface area contributed by atoms with E-state index in [1.807, 2.05) is 6.92 Å². The fraction of sp³-hybridized carbons (Fsp3) is 0.235. The molecule has 0 saturated carbocycles. The second-order valence-corrected chi connectivity index (χ2v) is 4.85. The molecule has 2 aromatic rings. The highest BCUT2D eigenvalue weighted by molar-refractivity contribution is 5.94. The Morgan fingerprint density at radius 1 is 1.14 bits per heavy atom. The lowest BCUT2D eigenvalue weighted by atomic mass is 10.1. The third kappa shape index (κ3) is 3.69. The number of carbonyl (C=O) groups is 2. The molecule has 5 heteroatoms. The Morgan fingerprint density at radius 2 is 1.86 bits per heavy atom. The van der Waals surface area contributed by atoms with Gasteiger partial charge in [0.05, 0.1) is 12.7 Å². The normalized spacial score (nSPS) is 10.1. The molecule has 0 aliphatic rings. The van der Waals surface area contributed by atoms with Gasteiger partial charge in [-0.2, -0.15) is 0 Å². The zero-order chi connectivity index (χ0) is 16.1. The van der Waals surface area contributed by atoms with Crippen molar-refractivity contribution in [1.82, 2.24) is 4.98 Å². The van der Waals surface area contributed by atoms with Gasteiger partial charge in [-0.05, 0) is 44.2 Å². The first-order valence-electron chi connectivity index (χ1n) is 6.79. The lowest BCUT2D eigenvalue weighted by Gasteiger charge is -2.10. The third-order valence-corrected chi connectivity index (χ3v) is 3.19. The summed E-state index contributed by atoms with van der Waals surface area (Å²) in [5, 5.41) is 0. The highest BCUT2D eigenvalue weighted by Gasteiger charge is 2.12. The molecule has 2 rings (SSSR count). The van der Waals surface area contributed by atoms with Gasteiger partial charge < -0.3 is 9.47 Å². The molecule has 1 aromatic heterocycles. The highest BCUT2D eigenvalue weighted by Crippen LogP contribution is 2.21. The van der Waals surface area contributed by atoms with Crippen molar-refractivity contribution in [1.29, 1.82) is 0 Å². The van der Waals surface area contributed by atoms with Crippen molar-refractivity contribution in [2.75, 3.05) is 7.11 Å². The van der Waals surface area contributed by atoms with Crippen LogP contribution in [0.5, 0.6) is 5.75 Å². The van der Waals surface area contributed by atoms with Crippen molar-refractivity contribution in [3.63, 3.8) is 0 Å². The summed E-state index contributed by atoms with van der Waals surface area (Å²) in [6.07, 6.45) is 1.47. The van der Waals surface area contributed by atoms with E-state index in [2.05, 4.69) is 4.98 Å². The fourth-order valence-electron chi connectivity index (χ4n) is 1.93. The van der Waals surface area contributed by atoms with Crippen LogP contribution in [0.1, 0.15) is 38.9 Å². The fourth-order valence-corrected chi connectivity index (χ4v) is 1.93. The zero-order valence-corrected chi connectivity index (χ0v) is 12.8. The lowest BCUT2D eigenvalue weighted by Crippen LogP contribution is -2.07. The summed E-state index contributed by atoms with van der Waals surface area (Å²) in [6.45, 7) is 3.35. The van der Waals surface area contributed by atoms with E-state index in [1.54, 1.807) is 30.3 Å². The molecule has 0 unspecified atom stereocenters. The van der Waals surface area contributed by atoms with Gasteiger partial charge >= 0.3 is 5.97 Å². The van der Waals surface area contributed by atoms with Crippen molar-refractivity contribution < 1.29 is 19.1 Å². The maximum Gasteiger partial charge on any atom is 0.340 e. The molecule has 0 aliphatic heterocycles. The van der Waals surface area contributed by atoms with E-state index in [9.17, 15) is 9.59 Å². The standard InChI is InChI=1S/C17H17NO4/c1-11-4-5-14(9-18-11)17(20)22-10-15-8-13(12(2)19)6-7-16(15)21-3/h4-9H,10H2,1-3H3. The van der Waals surface area contributed by atoms with E-state index in [4.69, 9.17) is 9.47 Å². The van der Waals surface area contributed by atoms with Crippen molar-refractivity contribution >= 4 is 11.8 Å². The van der Waals surface area contributed by atoms with Gasteiger partial charge in [-0.1, -0.05) is 0 Å². The molecule has 0 radical (unpaired) electrons. The SMILES string of the molecule is COc1ccc(C(C)=O)cc1COC(=O)c1ccc(C)nc1. The van der Waals surface area contributed by atoms with Gasteiger partial charge in [0.2, 0.25) is 0 Å². The summed E-state index contributed by atoms with van der Waals surface area (Å²) in [5.41, 5.74) is 2.40. The minimum atomic E-state index is -0.470. The number of carbonyl (C=O) groups excluding carboxylic acids is 2. The summed E-state index contributed by atoms with van der Waals surface area (Å²) >= 11 is 0. The molecule has 114 valence electrons. The Labute approximate surface area is 128 Å².